The Kier molecular flexibility index (Phi) is 5.56. The van der Waals surface area contributed by atoms with Gasteiger partial charge in [0.25, 0.3) is 0 Å². The van der Waals surface area contributed by atoms with Gasteiger partial charge in [0.05, 0.1) is 6.61 Å². The highest BCUT2D eigenvalue weighted by Gasteiger charge is 2.40. The van der Waals surface area contributed by atoms with Gasteiger partial charge in [0, 0.05) is 12.1 Å². The molecule has 0 aliphatic carbocycles. The fraction of sp³-hybridized carbons (Fsp3) is 0.588. The highest BCUT2D eigenvalue weighted by molar-refractivity contribution is 5.78. The third kappa shape index (κ3) is 3.32. The van der Waals surface area contributed by atoms with Crippen molar-refractivity contribution in [3.05, 3.63) is 35.9 Å². The molecular formula is C17H25NO4. The van der Waals surface area contributed by atoms with E-state index in [1.54, 1.807) is 0 Å². The van der Waals surface area contributed by atoms with Crippen molar-refractivity contribution in [3.8, 4) is 0 Å². The number of carbonyl (C=O) groups is 1. The Morgan fingerprint density at radius 1 is 1.27 bits per heavy atom. The molecule has 2 saturated heterocycles. The molecule has 3 N–H and O–H groups in total. The minimum atomic E-state index is -0.566. The van der Waals surface area contributed by atoms with Gasteiger partial charge in [0.2, 0.25) is 0 Å². The summed E-state index contributed by atoms with van der Waals surface area (Å²) >= 11 is 0. The van der Waals surface area contributed by atoms with Gasteiger partial charge >= 0.3 is 5.97 Å². The van der Waals surface area contributed by atoms with Crippen molar-refractivity contribution in [1.82, 2.24) is 4.90 Å². The van der Waals surface area contributed by atoms with Crippen molar-refractivity contribution < 1.29 is 20.1 Å². The summed E-state index contributed by atoms with van der Waals surface area (Å²) in [4.78, 5) is 14.8. The van der Waals surface area contributed by atoms with E-state index in [-0.39, 0.29) is 24.2 Å². The third-order valence-corrected chi connectivity index (χ3v) is 5.01. The maximum Gasteiger partial charge on any atom is 0.316 e. The topological polar surface area (TPSA) is 81.3 Å². The van der Waals surface area contributed by atoms with E-state index in [0.29, 0.717) is 12.1 Å². The van der Waals surface area contributed by atoms with E-state index in [9.17, 15) is 9.90 Å². The number of aliphatic hydroxyl groups excluding tert-OH is 1. The van der Waals surface area contributed by atoms with Gasteiger partial charge in [-0.1, -0.05) is 30.3 Å². The van der Waals surface area contributed by atoms with Crippen molar-refractivity contribution in [2.75, 3.05) is 13.7 Å². The summed E-state index contributed by atoms with van der Waals surface area (Å²) in [5.74, 6) is -0.860. The van der Waals surface area contributed by atoms with Crippen LogP contribution in [0.5, 0.6) is 0 Å². The van der Waals surface area contributed by atoms with Gasteiger partial charge in [-0.2, -0.15) is 0 Å². The number of fused-ring (bicyclic) bond motifs is 2. The summed E-state index contributed by atoms with van der Waals surface area (Å²) in [7, 11) is 2.17. The van der Waals surface area contributed by atoms with Crippen molar-refractivity contribution in [1.29, 1.82) is 0 Å². The summed E-state index contributed by atoms with van der Waals surface area (Å²) in [6.07, 6.45) is 4.26. The number of benzene rings is 1. The molecule has 0 spiro atoms. The number of hydrogen-bond donors (Lipinski definition) is 1. The molecule has 0 aromatic heterocycles. The van der Waals surface area contributed by atoms with Gasteiger partial charge in [-0.05, 0) is 38.3 Å². The first-order valence-corrected chi connectivity index (χ1v) is 7.77. The second-order valence-electron chi connectivity index (χ2n) is 6.23. The number of esters is 1. The van der Waals surface area contributed by atoms with Crippen LogP contribution in [-0.4, -0.2) is 53.3 Å². The summed E-state index contributed by atoms with van der Waals surface area (Å²) in [6.45, 7) is -0.206. The van der Waals surface area contributed by atoms with Crippen LogP contribution in [0.1, 0.15) is 37.2 Å². The Labute approximate surface area is 131 Å². The lowest BCUT2D eigenvalue weighted by atomic mass is 9.98. The molecule has 2 fully saturated rings. The lowest BCUT2D eigenvalue weighted by Crippen LogP contribution is -2.43. The molecule has 5 nitrogen and oxygen atoms in total. The Hall–Kier alpha value is -1.43. The van der Waals surface area contributed by atoms with Gasteiger partial charge in [0.1, 0.15) is 12.0 Å². The smallest absolute Gasteiger partial charge is 0.316 e. The maximum atomic E-state index is 12.4. The van der Waals surface area contributed by atoms with Crippen LogP contribution in [0, 0.1) is 0 Å². The molecular weight excluding hydrogens is 282 g/mol. The molecule has 0 amide bonds. The molecule has 3 rings (SSSR count). The average molecular weight is 307 g/mol. The minimum absolute atomic E-state index is 0. The molecule has 2 aliphatic rings. The van der Waals surface area contributed by atoms with Gasteiger partial charge < -0.3 is 20.2 Å². The van der Waals surface area contributed by atoms with Crippen molar-refractivity contribution in [2.24, 2.45) is 0 Å². The molecule has 122 valence electrons. The largest absolute Gasteiger partial charge is 0.462 e. The normalized spacial score (nSPS) is 28.7. The summed E-state index contributed by atoms with van der Waals surface area (Å²) in [5.41, 5.74) is 0.820. The van der Waals surface area contributed by atoms with E-state index < -0.39 is 5.92 Å². The van der Waals surface area contributed by atoms with Crippen molar-refractivity contribution in [2.45, 2.75) is 49.8 Å². The monoisotopic (exact) mass is 307 g/mol. The standard InChI is InChI=1S/C17H23NO3.H2O/c1-18-13-7-8-14(18)10-15(9-13)21-17(20)16(11-19)12-5-3-2-4-6-12;/h2-6,13-16,19H,7-11H2,1H3;1H2/t13-,14+,15?,16?;. The zero-order valence-electron chi connectivity index (χ0n) is 12.9. The summed E-state index contributed by atoms with van der Waals surface area (Å²) in [6, 6.07) is 10.5. The number of aliphatic hydroxyl groups is 1. The van der Waals surface area contributed by atoms with Crippen LogP contribution in [0.15, 0.2) is 30.3 Å². The SMILES string of the molecule is CN1[C@@H]2CC[C@H]1CC(OC(=O)C(CO)c1ccccc1)C2.O. The van der Waals surface area contributed by atoms with Crippen LogP contribution in [0.3, 0.4) is 0 Å². The first-order valence-electron chi connectivity index (χ1n) is 7.77. The predicted octanol–water partition coefficient (Wildman–Crippen LogP) is 1.11. The fourth-order valence-corrected chi connectivity index (χ4v) is 3.71. The number of hydrogen-bond acceptors (Lipinski definition) is 4. The van der Waals surface area contributed by atoms with Gasteiger partial charge in [-0.3, -0.25) is 4.79 Å². The molecule has 22 heavy (non-hydrogen) atoms. The number of carbonyl (C=O) groups excluding carboxylic acids is 1. The molecule has 1 aromatic rings. The molecule has 2 unspecified atom stereocenters. The molecule has 0 radical (unpaired) electrons. The fourth-order valence-electron chi connectivity index (χ4n) is 3.71. The zero-order valence-corrected chi connectivity index (χ0v) is 12.9. The Balaban J connectivity index is 0.00000176. The molecule has 1 aromatic carbocycles. The number of nitrogens with zero attached hydrogens (tertiary/aromatic N) is 1. The van der Waals surface area contributed by atoms with Crippen LogP contribution in [0.25, 0.3) is 0 Å². The van der Waals surface area contributed by atoms with Gasteiger partial charge in [-0.25, -0.2) is 0 Å². The average Bonchev–Trinajstić information content (AvgIpc) is 2.72. The van der Waals surface area contributed by atoms with E-state index >= 15 is 0 Å². The second-order valence-corrected chi connectivity index (χ2v) is 6.23. The second kappa shape index (κ2) is 7.22. The molecule has 4 atom stereocenters. The summed E-state index contributed by atoms with van der Waals surface area (Å²) < 4.78 is 5.70. The van der Waals surface area contributed by atoms with Gasteiger partial charge in [0.15, 0.2) is 0 Å². The quantitative estimate of drug-likeness (QED) is 0.845. The van der Waals surface area contributed by atoms with E-state index in [1.165, 1.54) is 12.8 Å². The van der Waals surface area contributed by atoms with Gasteiger partial charge in [-0.15, -0.1) is 0 Å². The van der Waals surface area contributed by atoms with Crippen LogP contribution in [0.4, 0.5) is 0 Å². The number of rotatable bonds is 4. The van der Waals surface area contributed by atoms with Crippen LogP contribution >= 0.6 is 0 Å². The van der Waals surface area contributed by atoms with Crippen LogP contribution in [0.2, 0.25) is 0 Å². The first kappa shape index (κ1) is 16.9. The molecule has 2 heterocycles. The lowest BCUT2D eigenvalue weighted by molar-refractivity contribution is -0.155. The number of ether oxygens (including phenoxy) is 1. The van der Waals surface area contributed by atoms with E-state index in [0.717, 1.165) is 18.4 Å². The zero-order chi connectivity index (χ0) is 14.8. The molecule has 0 saturated carbocycles. The maximum absolute atomic E-state index is 12.4. The van der Waals surface area contributed by atoms with E-state index in [2.05, 4.69) is 11.9 Å². The van der Waals surface area contributed by atoms with E-state index in [1.807, 2.05) is 30.3 Å². The molecule has 2 bridgehead atoms. The first-order chi connectivity index (χ1) is 10.2. The Bertz CT molecular complexity index is 479. The van der Waals surface area contributed by atoms with Crippen molar-refractivity contribution >= 4 is 5.97 Å². The van der Waals surface area contributed by atoms with E-state index in [4.69, 9.17) is 4.74 Å². The van der Waals surface area contributed by atoms with Crippen LogP contribution in [-0.2, 0) is 9.53 Å². The highest BCUT2D eigenvalue weighted by Crippen LogP contribution is 2.36. The minimum Gasteiger partial charge on any atom is -0.462 e. The molecule has 2 aliphatic heterocycles. The molecule has 5 heteroatoms. The Morgan fingerprint density at radius 3 is 2.41 bits per heavy atom. The highest BCUT2D eigenvalue weighted by atomic mass is 16.5. The lowest BCUT2D eigenvalue weighted by Gasteiger charge is -2.36. The Morgan fingerprint density at radius 2 is 1.86 bits per heavy atom. The van der Waals surface area contributed by atoms with Crippen molar-refractivity contribution in [3.63, 3.8) is 0 Å². The summed E-state index contributed by atoms with van der Waals surface area (Å²) in [5, 5.41) is 9.53. The number of piperidine rings is 1. The van der Waals surface area contributed by atoms with Crippen LogP contribution < -0.4 is 0 Å². The predicted molar refractivity (Wildman–Crippen MR) is 83.6 cm³/mol. The third-order valence-electron chi connectivity index (χ3n) is 5.01.